The Morgan fingerprint density at radius 2 is 1.93 bits per heavy atom. The van der Waals surface area contributed by atoms with Crippen LogP contribution in [-0.2, 0) is 0 Å². The van der Waals surface area contributed by atoms with Gasteiger partial charge in [0.1, 0.15) is 0 Å². The summed E-state index contributed by atoms with van der Waals surface area (Å²) < 4.78 is 0. The Bertz CT molecular complexity index is 316. The van der Waals surface area contributed by atoms with Crippen LogP contribution in [0.2, 0.25) is 5.02 Å². The molecule has 0 saturated carbocycles. The van der Waals surface area contributed by atoms with E-state index >= 15 is 0 Å². The average Bonchev–Trinajstić information content (AvgIpc) is 2.26. The maximum Gasteiger partial charge on any atom is 0.162 e. The molecule has 1 aromatic rings. The van der Waals surface area contributed by atoms with E-state index in [1.807, 2.05) is 0 Å². The normalized spacial score (nSPS) is 12.5. The summed E-state index contributed by atoms with van der Waals surface area (Å²) in [5, 5.41) is 0.675. The molecule has 0 heterocycles. The summed E-state index contributed by atoms with van der Waals surface area (Å²) in [4.78, 5) is 11.7. The molecule has 1 atom stereocenters. The SMILES string of the molecule is CC[C@@H](C)CCC(=O)c1ccc(Cl)cc1. The van der Waals surface area contributed by atoms with E-state index in [9.17, 15) is 4.79 Å². The number of carbonyl (C=O) groups excluding carboxylic acids is 1. The zero-order chi connectivity index (χ0) is 11.3. The van der Waals surface area contributed by atoms with E-state index < -0.39 is 0 Å². The van der Waals surface area contributed by atoms with E-state index in [0.717, 1.165) is 18.4 Å². The van der Waals surface area contributed by atoms with Crippen molar-refractivity contribution in [3.63, 3.8) is 0 Å². The van der Waals surface area contributed by atoms with Crippen LogP contribution < -0.4 is 0 Å². The van der Waals surface area contributed by atoms with Crippen molar-refractivity contribution in [3.8, 4) is 0 Å². The number of benzene rings is 1. The first-order valence-corrected chi connectivity index (χ1v) is 5.80. The summed E-state index contributed by atoms with van der Waals surface area (Å²) in [5.41, 5.74) is 0.766. The number of rotatable bonds is 5. The first-order valence-electron chi connectivity index (χ1n) is 5.42. The highest BCUT2D eigenvalue weighted by atomic mass is 35.5. The van der Waals surface area contributed by atoms with Gasteiger partial charge in [0.25, 0.3) is 0 Å². The van der Waals surface area contributed by atoms with Crippen molar-refractivity contribution in [3.05, 3.63) is 34.9 Å². The maximum absolute atomic E-state index is 11.7. The lowest BCUT2D eigenvalue weighted by Crippen LogP contribution is -2.02. The molecule has 0 bridgehead atoms. The molecule has 0 aliphatic rings. The van der Waals surface area contributed by atoms with E-state index in [2.05, 4.69) is 13.8 Å². The average molecular weight is 225 g/mol. The molecule has 0 amide bonds. The number of hydrogen-bond donors (Lipinski definition) is 0. The molecule has 0 saturated heterocycles. The van der Waals surface area contributed by atoms with Crippen LogP contribution in [0.25, 0.3) is 0 Å². The Morgan fingerprint density at radius 3 is 2.47 bits per heavy atom. The largest absolute Gasteiger partial charge is 0.294 e. The van der Waals surface area contributed by atoms with Crippen LogP contribution in [0.5, 0.6) is 0 Å². The van der Waals surface area contributed by atoms with E-state index in [0.29, 0.717) is 17.4 Å². The van der Waals surface area contributed by atoms with Gasteiger partial charge in [-0.2, -0.15) is 0 Å². The molecule has 1 rings (SSSR count). The molecule has 0 radical (unpaired) electrons. The minimum Gasteiger partial charge on any atom is -0.294 e. The van der Waals surface area contributed by atoms with Gasteiger partial charge in [-0.3, -0.25) is 4.79 Å². The zero-order valence-corrected chi connectivity index (χ0v) is 10.1. The van der Waals surface area contributed by atoms with Gasteiger partial charge in [0, 0.05) is 17.0 Å². The predicted octanol–water partition coefficient (Wildman–Crippen LogP) is 4.35. The highest BCUT2D eigenvalue weighted by molar-refractivity contribution is 6.30. The second kappa shape index (κ2) is 5.92. The molecule has 0 N–H and O–H groups in total. The highest BCUT2D eigenvalue weighted by Crippen LogP contribution is 2.15. The number of hydrogen-bond acceptors (Lipinski definition) is 1. The molecule has 82 valence electrons. The van der Waals surface area contributed by atoms with Gasteiger partial charge in [-0.25, -0.2) is 0 Å². The molecule has 1 aromatic carbocycles. The summed E-state index contributed by atoms with van der Waals surface area (Å²) in [6, 6.07) is 7.11. The van der Waals surface area contributed by atoms with E-state index in [-0.39, 0.29) is 5.78 Å². The Morgan fingerprint density at radius 1 is 1.33 bits per heavy atom. The van der Waals surface area contributed by atoms with E-state index in [4.69, 9.17) is 11.6 Å². The summed E-state index contributed by atoms with van der Waals surface area (Å²) in [7, 11) is 0. The lowest BCUT2D eigenvalue weighted by molar-refractivity contribution is 0.0974. The van der Waals surface area contributed by atoms with Crippen LogP contribution in [0.15, 0.2) is 24.3 Å². The smallest absolute Gasteiger partial charge is 0.162 e. The minimum atomic E-state index is 0.215. The quantitative estimate of drug-likeness (QED) is 0.680. The first kappa shape index (κ1) is 12.3. The first-order chi connectivity index (χ1) is 7.13. The second-order valence-corrected chi connectivity index (χ2v) is 4.42. The van der Waals surface area contributed by atoms with Gasteiger partial charge in [0.05, 0.1) is 0 Å². The van der Waals surface area contributed by atoms with Crippen molar-refractivity contribution >= 4 is 17.4 Å². The summed E-state index contributed by atoms with van der Waals surface area (Å²) in [5.74, 6) is 0.841. The third kappa shape index (κ3) is 4.05. The molecule has 2 heteroatoms. The molecule has 15 heavy (non-hydrogen) atoms. The van der Waals surface area contributed by atoms with Gasteiger partial charge >= 0.3 is 0 Å². The van der Waals surface area contributed by atoms with Gasteiger partial charge in [0.2, 0.25) is 0 Å². The standard InChI is InChI=1S/C13H17ClO/c1-3-10(2)4-9-13(15)11-5-7-12(14)8-6-11/h5-8,10H,3-4,9H2,1-2H3/t10-/m1/s1. The Hall–Kier alpha value is -0.820. The molecule has 0 aromatic heterocycles. The third-order valence-corrected chi connectivity index (χ3v) is 2.98. The fraction of sp³-hybridized carbons (Fsp3) is 0.462. The van der Waals surface area contributed by atoms with Crippen LogP contribution >= 0.6 is 11.6 Å². The van der Waals surface area contributed by atoms with Gasteiger partial charge in [-0.1, -0.05) is 31.9 Å². The Kier molecular flexibility index (Phi) is 4.83. The zero-order valence-electron chi connectivity index (χ0n) is 9.29. The van der Waals surface area contributed by atoms with Crippen LogP contribution in [0, 0.1) is 5.92 Å². The summed E-state index contributed by atoms with van der Waals surface area (Å²) in [6.45, 7) is 4.33. The fourth-order valence-corrected chi connectivity index (χ4v) is 1.49. The topological polar surface area (TPSA) is 17.1 Å². The molecular formula is C13H17ClO. The summed E-state index contributed by atoms with van der Waals surface area (Å²) >= 11 is 5.76. The van der Waals surface area contributed by atoms with Crippen LogP contribution in [-0.4, -0.2) is 5.78 Å². The number of carbonyl (C=O) groups is 1. The van der Waals surface area contributed by atoms with Crippen molar-refractivity contribution in [1.29, 1.82) is 0 Å². The third-order valence-electron chi connectivity index (χ3n) is 2.73. The van der Waals surface area contributed by atoms with Gasteiger partial charge in [0.15, 0.2) is 5.78 Å². The molecule has 0 fully saturated rings. The molecule has 1 nitrogen and oxygen atoms in total. The van der Waals surface area contributed by atoms with Crippen molar-refractivity contribution < 1.29 is 4.79 Å². The summed E-state index contributed by atoms with van der Waals surface area (Å²) in [6.07, 6.45) is 2.74. The van der Waals surface area contributed by atoms with Crippen molar-refractivity contribution in [2.45, 2.75) is 33.1 Å². The van der Waals surface area contributed by atoms with Gasteiger partial charge in [-0.15, -0.1) is 0 Å². The Labute approximate surface area is 96.5 Å². The molecule has 0 unspecified atom stereocenters. The van der Waals surface area contributed by atoms with Gasteiger partial charge in [-0.05, 0) is 36.6 Å². The minimum absolute atomic E-state index is 0.215. The fourth-order valence-electron chi connectivity index (χ4n) is 1.36. The lowest BCUT2D eigenvalue weighted by atomic mass is 9.98. The van der Waals surface area contributed by atoms with Crippen LogP contribution in [0.4, 0.5) is 0 Å². The lowest BCUT2D eigenvalue weighted by Gasteiger charge is -2.06. The number of Topliss-reactive ketones (excluding diaryl/α,β-unsaturated/α-hetero) is 1. The molecule has 0 spiro atoms. The maximum atomic E-state index is 11.7. The van der Waals surface area contributed by atoms with Crippen molar-refractivity contribution in [2.24, 2.45) is 5.92 Å². The monoisotopic (exact) mass is 224 g/mol. The molecule has 0 aliphatic carbocycles. The van der Waals surface area contributed by atoms with E-state index in [1.54, 1.807) is 24.3 Å². The molecule has 0 aliphatic heterocycles. The number of halogens is 1. The second-order valence-electron chi connectivity index (χ2n) is 3.98. The van der Waals surface area contributed by atoms with E-state index in [1.165, 1.54) is 0 Å². The number of ketones is 1. The predicted molar refractivity (Wildman–Crippen MR) is 64.5 cm³/mol. The van der Waals surface area contributed by atoms with Crippen LogP contribution in [0.1, 0.15) is 43.5 Å². The Balaban J connectivity index is 2.50. The van der Waals surface area contributed by atoms with Gasteiger partial charge < -0.3 is 0 Å². The highest BCUT2D eigenvalue weighted by Gasteiger charge is 2.07. The van der Waals surface area contributed by atoms with Crippen molar-refractivity contribution in [2.75, 3.05) is 0 Å². The molecular weight excluding hydrogens is 208 g/mol. The van der Waals surface area contributed by atoms with Crippen molar-refractivity contribution in [1.82, 2.24) is 0 Å². The van der Waals surface area contributed by atoms with Crippen LogP contribution in [0.3, 0.4) is 0 Å².